The lowest BCUT2D eigenvalue weighted by Crippen LogP contribution is -2.30. The van der Waals surface area contributed by atoms with Crippen LogP contribution in [0.3, 0.4) is 0 Å². The summed E-state index contributed by atoms with van der Waals surface area (Å²) in [6.45, 7) is 6.55. The quantitative estimate of drug-likeness (QED) is 0.0261. The average Bonchev–Trinajstić information content (AvgIpc) is 3.43. The number of carbonyl (C=O) groups excluding carboxylic acids is 3. The molecule has 0 aliphatic carbocycles. The van der Waals surface area contributed by atoms with Crippen molar-refractivity contribution in [2.24, 2.45) is 0 Å². The minimum atomic E-state index is -0.788. The van der Waals surface area contributed by atoms with E-state index < -0.39 is 6.10 Å². The van der Waals surface area contributed by atoms with Crippen molar-refractivity contribution in [2.75, 3.05) is 13.2 Å². The van der Waals surface area contributed by atoms with Crippen LogP contribution < -0.4 is 0 Å². The fourth-order valence-electron chi connectivity index (χ4n) is 9.60. The number of ether oxygens (including phenoxy) is 3. The summed E-state index contributed by atoms with van der Waals surface area (Å²) in [5.74, 6) is -0.897. The molecule has 1 unspecified atom stereocenters. The van der Waals surface area contributed by atoms with Crippen molar-refractivity contribution in [3.63, 3.8) is 0 Å². The third-order valence-electron chi connectivity index (χ3n) is 14.6. The van der Waals surface area contributed by atoms with E-state index in [1.165, 1.54) is 186 Å². The van der Waals surface area contributed by atoms with Gasteiger partial charge in [0.25, 0.3) is 0 Å². The van der Waals surface area contributed by atoms with Crippen LogP contribution in [0.2, 0.25) is 0 Å². The fourth-order valence-corrected chi connectivity index (χ4v) is 9.60. The van der Waals surface area contributed by atoms with Crippen molar-refractivity contribution in [3.8, 4) is 0 Å². The second-order valence-electron chi connectivity index (χ2n) is 22.4. The van der Waals surface area contributed by atoms with Crippen LogP contribution in [0.15, 0.2) is 72.9 Å². The van der Waals surface area contributed by atoms with Crippen LogP contribution in [-0.2, 0) is 28.6 Å². The number of esters is 3. The highest BCUT2D eigenvalue weighted by Crippen LogP contribution is 2.17. The summed E-state index contributed by atoms with van der Waals surface area (Å²) in [5, 5.41) is 0. The van der Waals surface area contributed by atoms with Crippen molar-refractivity contribution in [1.29, 1.82) is 0 Å². The zero-order chi connectivity index (χ0) is 55.7. The summed E-state index contributed by atoms with van der Waals surface area (Å²) in [7, 11) is 0. The summed E-state index contributed by atoms with van der Waals surface area (Å²) in [6, 6.07) is 0. The van der Waals surface area contributed by atoms with E-state index in [0.717, 1.165) is 116 Å². The lowest BCUT2D eigenvalue weighted by molar-refractivity contribution is -0.167. The Bertz CT molecular complexity index is 1420. The SMILES string of the molecule is CCC/C=C\C/C=C\CCCCCCCC(=O)OCC(COC(=O)CCCCCCCCCCCCCCCCCCCCC/C=C\C/C=C\CCCCCCC)OC(=O)CCCCCCC/C=C\C/C=C\CCCCC. The highest BCUT2D eigenvalue weighted by atomic mass is 16.6. The van der Waals surface area contributed by atoms with Crippen LogP contribution in [0.25, 0.3) is 0 Å². The van der Waals surface area contributed by atoms with Crippen LogP contribution in [0.4, 0.5) is 0 Å². The molecular formula is C71H126O6. The fraction of sp³-hybridized carbons (Fsp3) is 0.789. The Labute approximate surface area is 478 Å². The van der Waals surface area contributed by atoms with Crippen LogP contribution in [0.1, 0.15) is 342 Å². The maximum atomic E-state index is 12.9. The maximum absolute atomic E-state index is 12.9. The highest BCUT2D eigenvalue weighted by molar-refractivity contribution is 5.71. The Morgan fingerprint density at radius 2 is 0.494 bits per heavy atom. The molecule has 6 heteroatoms. The molecule has 6 nitrogen and oxygen atoms in total. The van der Waals surface area contributed by atoms with Gasteiger partial charge in [0.1, 0.15) is 13.2 Å². The Morgan fingerprint density at radius 3 is 0.792 bits per heavy atom. The lowest BCUT2D eigenvalue weighted by Gasteiger charge is -2.18. The molecule has 0 aromatic carbocycles. The Balaban J connectivity index is 4.16. The van der Waals surface area contributed by atoms with Gasteiger partial charge in [-0.05, 0) is 109 Å². The van der Waals surface area contributed by atoms with E-state index >= 15 is 0 Å². The predicted octanol–water partition coefficient (Wildman–Crippen LogP) is 22.9. The van der Waals surface area contributed by atoms with E-state index in [0.29, 0.717) is 19.3 Å². The van der Waals surface area contributed by atoms with Crippen molar-refractivity contribution in [2.45, 2.75) is 348 Å². The molecule has 0 amide bonds. The van der Waals surface area contributed by atoms with Crippen molar-refractivity contribution in [1.82, 2.24) is 0 Å². The van der Waals surface area contributed by atoms with E-state index in [1.54, 1.807) is 0 Å². The summed E-state index contributed by atoms with van der Waals surface area (Å²) in [4.78, 5) is 38.3. The molecule has 1 atom stereocenters. The number of hydrogen-bond acceptors (Lipinski definition) is 6. The standard InChI is InChI=1S/C71H126O6/c1-4-7-10-13-16-19-22-25-27-28-29-30-31-32-33-34-35-36-37-38-39-40-41-42-44-46-49-52-55-58-61-64-70(73)76-67-68(66-75-69(72)63-60-57-54-51-48-45-24-21-18-15-12-9-6-3)77-71(74)65-62-59-56-53-50-47-43-26-23-20-17-14-11-8-5-2/h12,15,17,20-22,24-26,28-29,43,68H,4-11,13-14,16,18-19,23,27,30-42,44-67H2,1-3H3/b15-12-,20-17-,24-21-,25-22-,29-28-,43-26-. The monoisotopic (exact) mass is 1070 g/mol. The number of carbonyl (C=O) groups is 3. The molecule has 0 rings (SSSR count). The van der Waals surface area contributed by atoms with Gasteiger partial charge in [-0.1, -0.05) is 286 Å². The molecule has 0 heterocycles. The van der Waals surface area contributed by atoms with Gasteiger partial charge in [-0.3, -0.25) is 14.4 Å². The van der Waals surface area contributed by atoms with Crippen molar-refractivity contribution < 1.29 is 28.6 Å². The molecule has 0 N–H and O–H groups in total. The van der Waals surface area contributed by atoms with Crippen LogP contribution in [-0.4, -0.2) is 37.2 Å². The molecular weight excluding hydrogens is 949 g/mol. The van der Waals surface area contributed by atoms with Crippen LogP contribution >= 0.6 is 0 Å². The summed E-state index contributed by atoms with van der Waals surface area (Å²) < 4.78 is 16.9. The lowest BCUT2D eigenvalue weighted by atomic mass is 10.0. The van der Waals surface area contributed by atoms with Gasteiger partial charge < -0.3 is 14.2 Å². The van der Waals surface area contributed by atoms with Gasteiger partial charge >= 0.3 is 17.9 Å². The molecule has 0 radical (unpaired) electrons. The van der Waals surface area contributed by atoms with E-state index in [9.17, 15) is 14.4 Å². The molecule has 446 valence electrons. The second kappa shape index (κ2) is 65.4. The summed E-state index contributed by atoms with van der Waals surface area (Å²) in [6.07, 6.45) is 85.0. The van der Waals surface area contributed by atoms with E-state index in [-0.39, 0.29) is 31.1 Å². The summed E-state index contributed by atoms with van der Waals surface area (Å²) >= 11 is 0. The highest BCUT2D eigenvalue weighted by Gasteiger charge is 2.19. The molecule has 0 fully saturated rings. The molecule has 0 aromatic heterocycles. The first-order valence-electron chi connectivity index (χ1n) is 33.4. The average molecular weight is 1080 g/mol. The molecule has 0 saturated heterocycles. The molecule has 0 aromatic rings. The zero-order valence-corrected chi connectivity index (χ0v) is 51.2. The Morgan fingerprint density at radius 1 is 0.260 bits per heavy atom. The Hall–Kier alpha value is -3.15. The van der Waals surface area contributed by atoms with E-state index in [2.05, 4.69) is 93.7 Å². The first-order valence-corrected chi connectivity index (χ1v) is 33.4. The molecule has 0 bridgehead atoms. The third kappa shape index (κ3) is 63.6. The number of rotatable bonds is 61. The van der Waals surface area contributed by atoms with Gasteiger partial charge in [-0.25, -0.2) is 0 Å². The van der Waals surface area contributed by atoms with Crippen LogP contribution in [0, 0.1) is 0 Å². The molecule has 0 aliphatic rings. The largest absolute Gasteiger partial charge is 0.462 e. The van der Waals surface area contributed by atoms with Crippen molar-refractivity contribution in [3.05, 3.63) is 72.9 Å². The minimum Gasteiger partial charge on any atom is -0.462 e. The first-order chi connectivity index (χ1) is 38.0. The molecule has 0 spiro atoms. The number of unbranched alkanes of at least 4 members (excludes halogenated alkanes) is 38. The van der Waals surface area contributed by atoms with Gasteiger partial charge in [0, 0.05) is 19.3 Å². The molecule has 0 saturated carbocycles. The van der Waals surface area contributed by atoms with Gasteiger partial charge in [-0.2, -0.15) is 0 Å². The zero-order valence-electron chi connectivity index (χ0n) is 51.2. The minimum absolute atomic E-state index is 0.0830. The first kappa shape index (κ1) is 73.8. The topological polar surface area (TPSA) is 78.9 Å². The number of allylic oxidation sites excluding steroid dienone is 12. The predicted molar refractivity (Wildman–Crippen MR) is 335 cm³/mol. The van der Waals surface area contributed by atoms with E-state index in [1.807, 2.05) is 0 Å². The molecule has 77 heavy (non-hydrogen) atoms. The normalized spacial score (nSPS) is 12.5. The smallest absolute Gasteiger partial charge is 0.306 e. The Kier molecular flexibility index (Phi) is 62.7. The summed E-state index contributed by atoms with van der Waals surface area (Å²) in [5.41, 5.74) is 0. The molecule has 0 aliphatic heterocycles. The van der Waals surface area contributed by atoms with Gasteiger partial charge in [0.2, 0.25) is 0 Å². The van der Waals surface area contributed by atoms with Gasteiger partial charge in [-0.15, -0.1) is 0 Å². The van der Waals surface area contributed by atoms with E-state index in [4.69, 9.17) is 14.2 Å². The van der Waals surface area contributed by atoms with Crippen LogP contribution in [0.5, 0.6) is 0 Å². The maximum Gasteiger partial charge on any atom is 0.306 e. The second-order valence-corrected chi connectivity index (χ2v) is 22.4. The van der Waals surface area contributed by atoms with Gasteiger partial charge in [0.15, 0.2) is 6.10 Å². The number of hydrogen-bond donors (Lipinski definition) is 0. The van der Waals surface area contributed by atoms with Crippen molar-refractivity contribution >= 4 is 17.9 Å². The van der Waals surface area contributed by atoms with Gasteiger partial charge in [0.05, 0.1) is 0 Å². The third-order valence-corrected chi connectivity index (χ3v) is 14.6.